The Kier molecular flexibility index (Phi) is 6.21. The highest BCUT2D eigenvalue weighted by molar-refractivity contribution is 6.01. The lowest BCUT2D eigenvalue weighted by Crippen LogP contribution is -2.16. The molecule has 0 unspecified atom stereocenters. The summed E-state index contributed by atoms with van der Waals surface area (Å²) in [7, 11) is 1.35. The zero-order chi connectivity index (χ0) is 25.9. The number of non-ortho nitro benzene ring substituents is 1. The smallest absolute Gasteiger partial charge is 0.337 e. The molecule has 1 amide bonds. The van der Waals surface area contributed by atoms with E-state index in [-0.39, 0.29) is 11.4 Å². The number of nitrogens with zero attached hydrogens (tertiary/aromatic N) is 3. The Morgan fingerprint density at radius 3 is 2.76 bits per heavy atom. The molecule has 0 saturated heterocycles. The first-order valence-corrected chi connectivity index (χ1v) is 11.2. The minimum atomic E-state index is -0.585. The number of nitro groups is 1. The van der Waals surface area contributed by atoms with E-state index in [1.807, 2.05) is 41.1 Å². The Bertz CT molecular complexity index is 1700. The summed E-state index contributed by atoms with van der Waals surface area (Å²) in [4.78, 5) is 34.9. The van der Waals surface area contributed by atoms with Gasteiger partial charge in [0.15, 0.2) is 5.76 Å². The van der Waals surface area contributed by atoms with Gasteiger partial charge in [-0.25, -0.2) is 10.2 Å². The van der Waals surface area contributed by atoms with E-state index >= 15 is 0 Å². The largest absolute Gasteiger partial charge is 0.465 e. The second-order valence-electron chi connectivity index (χ2n) is 8.21. The molecular weight excluding hydrogens is 476 g/mol. The molecule has 3 aromatic carbocycles. The first-order chi connectivity index (χ1) is 17.9. The van der Waals surface area contributed by atoms with Gasteiger partial charge < -0.3 is 13.7 Å². The number of hydrogen-bond acceptors (Lipinski definition) is 7. The van der Waals surface area contributed by atoms with Crippen LogP contribution in [0.3, 0.4) is 0 Å². The number of ether oxygens (including phenoxy) is 1. The third-order valence-electron chi connectivity index (χ3n) is 5.82. The summed E-state index contributed by atoms with van der Waals surface area (Å²) in [6.07, 6.45) is 3.45. The van der Waals surface area contributed by atoms with Crippen molar-refractivity contribution >= 4 is 45.7 Å². The Morgan fingerprint density at radius 1 is 1.11 bits per heavy atom. The fourth-order valence-electron chi connectivity index (χ4n) is 4.09. The molecule has 184 valence electrons. The minimum absolute atomic E-state index is 0.0134. The van der Waals surface area contributed by atoms with Crippen molar-refractivity contribution in [3.05, 3.63) is 112 Å². The molecule has 10 nitrogen and oxygen atoms in total. The Morgan fingerprint density at radius 2 is 1.95 bits per heavy atom. The molecule has 0 bridgehead atoms. The van der Waals surface area contributed by atoms with Gasteiger partial charge in [0.05, 0.1) is 23.8 Å². The highest BCUT2D eigenvalue weighted by Gasteiger charge is 2.15. The van der Waals surface area contributed by atoms with Gasteiger partial charge in [-0.1, -0.05) is 30.3 Å². The zero-order valence-corrected chi connectivity index (χ0v) is 19.6. The number of esters is 1. The molecule has 0 spiro atoms. The van der Waals surface area contributed by atoms with E-state index in [0.29, 0.717) is 23.1 Å². The standard InChI is InChI=1S/C27H20N4O6/c1-36-27(33)18-6-4-5-17(11-18)15-30-16-20(22-7-2-3-8-23(22)30)14-28-29-26(32)25-13-19-12-21(31(34)35)9-10-24(19)37-25/h2-14,16H,15H2,1H3,(H,29,32). The number of carbonyl (C=O) groups is 2. The van der Waals surface area contributed by atoms with Gasteiger partial charge in [0.25, 0.3) is 5.69 Å². The summed E-state index contributed by atoms with van der Waals surface area (Å²) in [5.74, 6) is -0.996. The molecule has 0 radical (unpaired) electrons. The Labute approximate surface area is 209 Å². The van der Waals surface area contributed by atoms with Crippen LogP contribution >= 0.6 is 0 Å². The number of carbonyl (C=O) groups excluding carboxylic acids is 2. The molecule has 1 N–H and O–H groups in total. The topological polar surface area (TPSA) is 129 Å². The monoisotopic (exact) mass is 496 g/mol. The number of hydrogen-bond donors (Lipinski definition) is 1. The number of fused-ring (bicyclic) bond motifs is 2. The SMILES string of the molecule is COC(=O)c1cccc(Cn2cc(C=NNC(=O)c3cc4cc([N+](=O)[O-])ccc4o3)c3ccccc32)c1. The number of furan rings is 1. The van der Waals surface area contributed by atoms with Crippen LogP contribution < -0.4 is 5.43 Å². The average molecular weight is 496 g/mol. The third kappa shape index (κ3) is 4.80. The summed E-state index contributed by atoms with van der Waals surface area (Å²) < 4.78 is 12.3. The first kappa shape index (κ1) is 23.5. The van der Waals surface area contributed by atoms with Crippen molar-refractivity contribution in [3.8, 4) is 0 Å². The van der Waals surface area contributed by atoms with E-state index in [2.05, 4.69) is 10.5 Å². The minimum Gasteiger partial charge on any atom is -0.465 e. The van der Waals surface area contributed by atoms with Gasteiger partial charge >= 0.3 is 11.9 Å². The molecule has 0 aliphatic rings. The van der Waals surface area contributed by atoms with Crippen molar-refractivity contribution in [1.82, 2.24) is 9.99 Å². The lowest BCUT2D eigenvalue weighted by Gasteiger charge is -2.07. The van der Waals surface area contributed by atoms with E-state index < -0.39 is 16.8 Å². The number of aromatic nitrogens is 1. The number of methoxy groups -OCH3 is 1. The van der Waals surface area contributed by atoms with Gasteiger partial charge in [-0.2, -0.15) is 5.10 Å². The normalized spacial score (nSPS) is 11.3. The molecule has 5 rings (SSSR count). The van der Waals surface area contributed by atoms with Crippen LogP contribution in [-0.2, 0) is 11.3 Å². The number of para-hydroxylation sites is 1. The van der Waals surface area contributed by atoms with Crippen LogP contribution in [0.4, 0.5) is 5.69 Å². The Balaban J connectivity index is 1.36. The van der Waals surface area contributed by atoms with Crippen molar-refractivity contribution in [3.63, 3.8) is 0 Å². The van der Waals surface area contributed by atoms with Crippen LogP contribution in [0, 0.1) is 10.1 Å². The van der Waals surface area contributed by atoms with Gasteiger partial charge in [-0.3, -0.25) is 14.9 Å². The number of rotatable bonds is 7. The average Bonchev–Trinajstić information content (AvgIpc) is 3.49. The number of benzene rings is 3. The number of amides is 1. The number of hydrazone groups is 1. The lowest BCUT2D eigenvalue weighted by molar-refractivity contribution is -0.384. The molecule has 2 aromatic heterocycles. The highest BCUT2D eigenvalue weighted by Crippen LogP contribution is 2.25. The van der Waals surface area contributed by atoms with Gasteiger partial charge in [-0.05, 0) is 35.9 Å². The highest BCUT2D eigenvalue weighted by atomic mass is 16.6. The predicted octanol–water partition coefficient (Wildman–Crippen LogP) is 4.89. The van der Waals surface area contributed by atoms with Crippen molar-refractivity contribution in [2.75, 3.05) is 7.11 Å². The second-order valence-corrected chi connectivity index (χ2v) is 8.21. The van der Waals surface area contributed by atoms with Gasteiger partial charge in [0.1, 0.15) is 5.58 Å². The Hall–Kier alpha value is -5.25. The van der Waals surface area contributed by atoms with Crippen molar-refractivity contribution in [2.45, 2.75) is 6.54 Å². The van der Waals surface area contributed by atoms with Gasteiger partial charge in [-0.15, -0.1) is 0 Å². The fraction of sp³-hybridized carbons (Fsp3) is 0.0741. The van der Waals surface area contributed by atoms with Crippen LogP contribution in [0.5, 0.6) is 0 Å². The maximum Gasteiger partial charge on any atom is 0.337 e. The van der Waals surface area contributed by atoms with E-state index in [1.165, 1.54) is 37.6 Å². The summed E-state index contributed by atoms with van der Waals surface area (Å²) in [6, 6.07) is 20.5. The van der Waals surface area contributed by atoms with Gasteiger partial charge in [0.2, 0.25) is 0 Å². The van der Waals surface area contributed by atoms with Crippen LogP contribution in [0.25, 0.3) is 21.9 Å². The molecule has 5 aromatic rings. The first-order valence-electron chi connectivity index (χ1n) is 11.2. The van der Waals surface area contributed by atoms with Crippen molar-refractivity contribution in [1.29, 1.82) is 0 Å². The van der Waals surface area contributed by atoms with Crippen molar-refractivity contribution < 1.29 is 23.7 Å². The second kappa shape index (κ2) is 9.78. The molecule has 0 fully saturated rings. The predicted molar refractivity (Wildman–Crippen MR) is 137 cm³/mol. The summed E-state index contributed by atoms with van der Waals surface area (Å²) in [6.45, 7) is 0.511. The maximum atomic E-state index is 12.5. The quantitative estimate of drug-likeness (QED) is 0.148. The van der Waals surface area contributed by atoms with E-state index in [1.54, 1.807) is 18.2 Å². The molecule has 0 atom stereocenters. The molecule has 0 aliphatic heterocycles. The summed E-state index contributed by atoms with van der Waals surface area (Å²) in [5.41, 5.74) is 5.84. The van der Waals surface area contributed by atoms with E-state index in [0.717, 1.165) is 22.0 Å². The van der Waals surface area contributed by atoms with E-state index in [9.17, 15) is 19.7 Å². The molecule has 2 heterocycles. The number of nitrogens with one attached hydrogen (secondary N) is 1. The molecule has 0 saturated carbocycles. The molecule has 10 heteroatoms. The van der Waals surface area contributed by atoms with Crippen LogP contribution in [0.15, 0.2) is 88.5 Å². The van der Waals surface area contributed by atoms with Crippen LogP contribution in [0.2, 0.25) is 0 Å². The molecule has 37 heavy (non-hydrogen) atoms. The lowest BCUT2D eigenvalue weighted by atomic mass is 10.1. The fourth-order valence-corrected chi connectivity index (χ4v) is 4.09. The molecule has 0 aliphatic carbocycles. The van der Waals surface area contributed by atoms with Gasteiger partial charge in [0, 0.05) is 46.7 Å². The third-order valence-corrected chi connectivity index (χ3v) is 5.82. The maximum absolute atomic E-state index is 12.5. The van der Waals surface area contributed by atoms with Crippen molar-refractivity contribution in [2.24, 2.45) is 5.10 Å². The molecular formula is C27H20N4O6. The van der Waals surface area contributed by atoms with Crippen LogP contribution in [0.1, 0.15) is 32.0 Å². The van der Waals surface area contributed by atoms with Crippen LogP contribution in [-0.4, -0.2) is 34.7 Å². The summed E-state index contributed by atoms with van der Waals surface area (Å²) >= 11 is 0. The number of nitro benzene ring substituents is 1. The summed E-state index contributed by atoms with van der Waals surface area (Å²) in [5, 5.41) is 16.4. The zero-order valence-electron chi connectivity index (χ0n) is 19.6. The van der Waals surface area contributed by atoms with E-state index in [4.69, 9.17) is 9.15 Å².